The molecule has 1 aliphatic rings. The van der Waals surface area contributed by atoms with E-state index in [0.29, 0.717) is 18.4 Å². The molecule has 0 aliphatic carbocycles. The number of likely N-dealkylation sites (tertiary alicyclic amines) is 1. The van der Waals surface area contributed by atoms with Gasteiger partial charge in [-0.3, -0.25) is 4.99 Å². The Morgan fingerprint density at radius 3 is 2.89 bits per heavy atom. The monoisotopic (exact) mass is 385 g/mol. The Labute approximate surface area is 167 Å². The van der Waals surface area contributed by atoms with Crippen LogP contribution in [0, 0.1) is 5.92 Å². The van der Waals surface area contributed by atoms with Crippen LogP contribution in [0.4, 0.5) is 0 Å². The molecule has 146 valence electrons. The van der Waals surface area contributed by atoms with Gasteiger partial charge in [-0.15, -0.1) is 11.3 Å². The molecule has 0 bridgehead atoms. The first kappa shape index (κ1) is 19.9. The van der Waals surface area contributed by atoms with Crippen LogP contribution in [0.15, 0.2) is 52.8 Å². The zero-order chi connectivity index (χ0) is 18.9. The molecule has 0 amide bonds. The Bertz CT molecular complexity index is 687. The number of hydrogen-bond acceptors (Lipinski definition) is 3. The third kappa shape index (κ3) is 6.08. The van der Waals surface area contributed by atoms with Crippen molar-refractivity contribution < 1.29 is 4.74 Å². The van der Waals surface area contributed by atoms with E-state index in [0.717, 1.165) is 38.7 Å². The van der Waals surface area contributed by atoms with Crippen LogP contribution < -0.4 is 5.32 Å². The summed E-state index contributed by atoms with van der Waals surface area (Å²) in [4.78, 5) is 8.71. The minimum absolute atomic E-state index is 0.464. The third-order valence-corrected chi connectivity index (χ3v) is 6.03. The Balaban J connectivity index is 1.47. The Kier molecular flexibility index (Phi) is 7.72. The van der Waals surface area contributed by atoms with Crippen LogP contribution >= 0.6 is 11.3 Å². The lowest BCUT2D eigenvalue weighted by Crippen LogP contribution is -2.40. The topological polar surface area (TPSA) is 36.9 Å². The number of rotatable bonds is 8. The van der Waals surface area contributed by atoms with Crippen LogP contribution in [0.25, 0.3) is 0 Å². The molecule has 0 saturated carbocycles. The van der Waals surface area contributed by atoms with Crippen molar-refractivity contribution in [1.82, 2.24) is 10.2 Å². The predicted molar refractivity (Wildman–Crippen MR) is 114 cm³/mol. The van der Waals surface area contributed by atoms with Gasteiger partial charge in [-0.05, 0) is 30.4 Å². The molecule has 1 fully saturated rings. The average Bonchev–Trinajstić information content (AvgIpc) is 3.38. The molecule has 5 heteroatoms. The number of aliphatic imine (C=N–C) groups is 1. The van der Waals surface area contributed by atoms with Crippen LogP contribution in [-0.4, -0.2) is 43.6 Å². The Hall–Kier alpha value is -1.85. The maximum absolute atomic E-state index is 5.95. The van der Waals surface area contributed by atoms with Gasteiger partial charge < -0.3 is 15.0 Å². The summed E-state index contributed by atoms with van der Waals surface area (Å²) in [7, 11) is 0. The number of benzene rings is 1. The molecule has 1 saturated heterocycles. The minimum atomic E-state index is 0.464. The van der Waals surface area contributed by atoms with E-state index in [1.165, 1.54) is 16.9 Å². The molecule has 1 aromatic carbocycles. The average molecular weight is 386 g/mol. The standard InChI is InChI=1S/C22H31N3OS/c1-3-23-22(24-14-18(2)21-10-7-13-27-21)25-12-11-20(15-25)17-26-16-19-8-5-4-6-9-19/h4-10,13,18,20H,3,11-12,14-17H2,1-2H3,(H,23,24). The van der Waals surface area contributed by atoms with Crippen LogP contribution in [0.1, 0.15) is 36.6 Å². The fourth-order valence-electron chi connectivity index (χ4n) is 3.39. The normalized spacial score (nSPS) is 18.7. The van der Waals surface area contributed by atoms with E-state index >= 15 is 0 Å². The second kappa shape index (κ2) is 10.5. The summed E-state index contributed by atoms with van der Waals surface area (Å²) in [6.45, 7) is 9.71. The smallest absolute Gasteiger partial charge is 0.193 e. The quantitative estimate of drug-likeness (QED) is 0.542. The first-order valence-electron chi connectivity index (χ1n) is 9.94. The van der Waals surface area contributed by atoms with Crippen molar-refractivity contribution in [3.05, 3.63) is 58.3 Å². The number of ether oxygens (including phenoxy) is 1. The molecule has 1 N–H and O–H groups in total. The SMILES string of the molecule is CCNC(=NCC(C)c1cccs1)N1CCC(COCc2ccccc2)C1. The molecule has 2 atom stereocenters. The van der Waals surface area contributed by atoms with Crippen LogP contribution in [0.3, 0.4) is 0 Å². The molecular weight excluding hydrogens is 354 g/mol. The van der Waals surface area contributed by atoms with Crippen molar-refractivity contribution in [3.63, 3.8) is 0 Å². The van der Waals surface area contributed by atoms with Gasteiger partial charge in [0.05, 0.1) is 19.8 Å². The summed E-state index contributed by atoms with van der Waals surface area (Å²) in [5.41, 5.74) is 1.24. The summed E-state index contributed by atoms with van der Waals surface area (Å²) >= 11 is 1.82. The predicted octanol–water partition coefficient (Wildman–Crippen LogP) is 4.36. The first-order chi connectivity index (χ1) is 13.3. The van der Waals surface area contributed by atoms with Crippen molar-refractivity contribution in [2.45, 2.75) is 32.8 Å². The van der Waals surface area contributed by atoms with E-state index in [1.807, 2.05) is 17.4 Å². The maximum atomic E-state index is 5.95. The molecule has 0 radical (unpaired) electrons. The van der Waals surface area contributed by atoms with E-state index in [9.17, 15) is 0 Å². The summed E-state index contributed by atoms with van der Waals surface area (Å²) < 4.78 is 5.95. The van der Waals surface area contributed by atoms with E-state index < -0.39 is 0 Å². The second-order valence-corrected chi connectivity index (χ2v) is 8.19. The van der Waals surface area contributed by atoms with E-state index in [4.69, 9.17) is 9.73 Å². The van der Waals surface area contributed by atoms with Crippen molar-refractivity contribution in [2.75, 3.05) is 32.8 Å². The number of thiophene rings is 1. The van der Waals surface area contributed by atoms with Crippen molar-refractivity contribution >= 4 is 17.3 Å². The summed E-state index contributed by atoms with van der Waals surface area (Å²) in [5.74, 6) is 2.09. The highest BCUT2D eigenvalue weighted by atomic mass is 32.1. The molecule has 0 spiro atoms. The Morgan fingerprint density at radius 2 is 2.15 bits per heavy atom. The van der Waals surface area contributed by atoms with Gasteiger partial charge in [0.1, 0.15) is 0 Å². The van der Waals surface area contributed by atoms with E-state index in [-0.39, 0.29) is 0 Å². The van der Waals surface area contributed by atoms with Gasteiger partial charge in [-0.1, -0.05) is 43.3 Å². The van der Waals surface area contributed by atoms with Crippen molar-refractivity contribution in [1.29, 1.82) is 0 Å². The third-order valence-electron chi connectivity index (χ3n) is 4.93. The molecule has 1 aromatic heterocycles. The molecule has 2 heterocycles. The minimum Gasteiger partial charge on any atom is -0.376 e. The van der Waals surface area contributed by atoms with Gasteiger partial charge in [-0.2, -0.15) is 0 Å². The molecule has 27 heavy (non-hydrogen) atoms. The van der Waals surface area contributed by atoms with Crippen LogP contribution in [0.5, 0.6) is 0 Å². The summed E-state index contributed by atoms with van der Waals surface area (Å²) in [6.07, 6.45) is 1.17. The molecule has 3 rings (SSSR count). The lowest BCUT2D eigenvalue weighted by molar-refractivity contribution is 0.0906. The largest absolute Gasteiger partial charge is 0.376 e. The van der Waals surface area contributed by atoms with Crippen molar-refractivity contribution in [2.24, 2.45) is 10.9 Å². The molecular formula is C22H31N3OS. The van der Waals surface area contributed by atoms with Gasteiger partial charge in [0, 0.05) is 36.3 Å². The number of guanidine groups is 1. The van der Waals surface area contributed by atoms with Gasteiger partial charge >= 0.3 is 0 Å². The summed E-state index contributed by atoms with van der Waals surface area (Å²) in [6, 6.07) is 14.7. The lowest BCUT2D eigenvalue weighted by Gasteiger charge is -2.22. The maximum Gasteiger partial charge on any atom is 0.193 e. The number of nitrogens with zero attached hydrogens (tertiary/aromatic N) is 2. The second-order valence-electron chi connectivity index (χ2n) is 7.21. The van der Waals surface area contributed by atoms with Gasteiger partial charge in [-0.25, -0.2) is 0 Å². The van der Waals surface area contributed by atoms with Crippen LogP contribution in [-0.2, 0) is 11.3 Å². The zero-order valence-corrected chi connectivity index (χ0v) is 17.3. The molecule has 4 nitrogen and oxygen atoms in total. The molecule has 1 aliphatic heterocycles. The summed E-state index contributed by atoms with van der Waals surface area (Å²) in [5, 5.41) is 5.61. The number of nitrogens with one attached hydrogen (secondary N) is 1. The van der Waals surface area contributed by atoms with Gasteiger partial charge in [0.2, 0.25) is 0 Å². The highest BCUT2D eigenvalue weighted by molar-refractivity contribution is 7.10. The fraction of sp³-hybridized carbons (Fsp3) is 0.500. The van der Waals surface area contributed by atoms with E-state index in [1.54, 1.807) is 0 Å². The highest BCUT2D eigenvalue weighted by Crippen LogP contribution is 2.22. The van der Waals surface area contributed by atoms with Gasteiger partial charge in [0.15, 0.2) is 5.96 Å². The zero-order valence-electron chi connectivity index (χ0n) is 16.4. The number of hydrogen-bond donors (Lipinski definition) is 1. The van der Waals surface area contributed by atoms with Gasteiger partial charge in [0.25, 0.3) is 0 Å². The van der Waals surface area contributed by atoms with Crippen LogP contribution in [0.2, 0.25) is 0 Å². The van der Waals surface area contributed by atoms with E-state index in [2.05, 4.69) is 65.8 Å². The fourth-order valence-corrected chi connectivity index (χ4v) is 4.17. The lowest BCUT2D eigenvalue weighted by atomic mass is 10.1. The molecule has 2 aromatic rings. The highest BCUT2D eigenvalue weighted by Gasteiger charge is 2.25. The Morgan fingerprint density at radius 1 is 1.30 bits per heavy atom. The van der Waals surface area contributed by atoms with Crippen molar-refractivity contribution in [3.8, 4) is 0 Å². The molecule has 2 unspecified atom stereocenters. The first-order valence-corrected chi connectivity index (χ1v) is 10.8.